The van der Waals surface area contributed by atoms with E-state index in [0.717, 1.165) is 48.1 Å². The zero-order valence-corrected chi connectivity index (χ0v) is 19.7. The maximum Gasteiger partial charge on any atom is 0.272 e. The largest absolute Gasteiger partial charge is 0.383 e. The molecule has 4 N–H and O–H groups in total. The number of hydrogen-bond acceptors (Lipinski definition) is 7. The van der Waals surface area contributed by atoms with Crippen molar-refractivity contribution in [1.82, 2.24) is 19.9 Å². The smallest absolute Gasteiger partial charge is 0.272 e. The third-order valence-electron chi connectivity index (χ3n) is 6.06. The molecule has 3 aromatic rings. The normalized spacial score (nSPS) is 15.8. The Kier molecular flexibility index (Phi) is 7.04. The molecule has 0 unspecified atom stereocenters. The molecule has 1 atom stereocenters. The number of methoxy groups -OCH3 is 1. The number of nitrogens with two attached hydrogens (primary N) is 1. The number of carbonyl (C=O) groups is 1. The highest BCUT2D eigenvalue weighted by Crippen LogP contribution is 2.25. The van der Waals surface area contributed by atoms with Crippen LogP contribution in [0.25, 0.3) is 5.69 Å². The summed E-state index contributed by atoms with van der Waals surface area (Å²) in [7, 11) is 1.63. The van der Waals surface area contributed by atoms with Crippen molar-refractivity contribution < 1.29 is 9.53 Å². The fraction of sp³-hybridized carbons (Fsp3) is 0.360. The fourth-order valence-corrected chi connectivity index (χ4v) is 4.56. The average molecular weight is 463 g/mol. The number of aryl methyl sites for hydroxylation is 2. The van der Waals surface area contributed by atoms with Gasteiger partial charge in [0.05, 0.1) is 24.2 Å². The molecule has 4 rings (SSSR count). The molecule has 1 aliphatic rings. The Balaban J connectivity index is 1.66. The van der Waals surface area contributed by atoms with Crippen LogP contribution in [0.5, 0.6) is 0 Å². The fourth-order valence-electron chi connectivity index (χ4n) is 4.56. The Labute approximate surface area is 198 Å². The van der Waals surface area contributed by atoms with Crippen molar-refractivity contribution >= 4 is 17.4 Å². The summed E-state index contributed by atoms with van der Waals surface area (Å²) in [5, 5.41) is 6.24. The predicted molar refractivity (Wildman–Crippen MR) is 131 cm³/mol. The SMILES string of the molecule is COCc1cc(C)c(-n2cnc(N)c(C(=O)Nc3cncc([C@H]4CCCCN4)c3)c2=O)c(C)c1. The van der Waals surface area contributed by atoms with Crippen LogP contribution in [0.15, 0.2) is 41.7 Å². The molecule has 0 spiro atoms. The lowest BCUT2D eigenvalue weighted by Crippen LogP contribution is -2.31. The quantitative estimate of drug-likeness (QED) is 0.514. The topological polar surface area (TPSA) is 124 Å². The lowest BCUT2D eigenvalue weighted by Gasteiger charge is -2.23. The molecule has 0 bridgehead atoms. The van der Waals surface area contributed by atoms with Crippen molar-refractivity contribution in [3.05, 3.63) is 75.1 Å². The predicted octanol–water partition coefficient (Wildman–Crippen LogP) is 3.04. The Morgan fingerprint density at radius 1 is 1.24 bits per heavy atom. The molecule has 2 aromatic heterocycles. The van der Waals surface area contributed by atoms with Crippen LogP contribution in [0.4, 0.5) is 11.5 Å². The van der Waals surface area contributed by atoms with Gasteiger partial charge in [-0.1, -0.05) is 18.6 Å². The van der Waals surface area contributed by atoms with Crippen LogP contribution in [0.3, 0.4) is 0 Å². The Morgan fingerprint density at radius 3 is 2.68 bits per heavy atom. The summed E-state index contributed by atoms with van der Waals surface area (Å²) in [6.07, 6.45) is 8.02. The summed E-state index contributed by atoms with van der Waals surface area (Å²) in [6, 6.07) is 5.98. The van der Waals surface area contributed by atoms with Gasteiger partial charge in [0.15, 0.2) is 0 Å². The van der Waals surface area contributed by atoms with E-state index in [2.05, 4.69) is 20.6 Å². The van der Waals surface area contributed by atoms with Crippen LogP contribution >= 0.6 is 0 Å². The lowest BCUT2D eigenvalue weighted by atomic mass is 9.99. The van der Waals surface area contributed by atoms with Gasteiger partial charge in [0.2, 0.25) is 0 Å². The van der Waals surface area contributed by atoms with Gasteiger partial charge in [-0.25, -0.2) is 4.98 Å². The molecule has 178 valence electrons. The van der Waals surface area contributed by atoms with Crippen molar-refractivity contribution in [3.8, 4) is 5.69 Å². The summed E-state index contributed by atoms with van der Waals surface area (Å²) >= 11 is 0. The number of amides is 1. The third-order valence-corrected chi connectivity index (χ3v) is 6.06. The molecular formula is C25H30N6O3. The zero-order valence-electron chi connectivity index (χ0n) is 19.7. The van der Waals surface area contributed by atoms with Crippen molar-refractivity contribution in [2.75, 3.05) is 24.7 Å². The van der Waals surface area contributed by atoms with Crippen molar-refractivity contribution in [3.63, 3.8) is 0 Å². The van der Waals surface area contributed by atoms with Crippen molar-refractivity contribution in [1.29, 1.82) is 0 Å². The molecule has 1 aliphatic heterocycles. The number of pyridine rings is 1. The molecule has 9 nitrogen and oxygen atoms in total. The van der Waals surface area contributed by atoms with E-state index in [0.29, 0.717) is 18.0 Å². The molecule has 9 heteroatoms. The number of hydrogen-bond donors (Lipinski definition) is 3. The van der Waals surface area contributed by atoms with Crippen LogP contribution in [0, 0.1) is 13.8 Å². The van der Waals surface area contributed by atoms with Crippen LogP contribution in [0.2, 0.25) is 0 Å². The van der Waals surface area contributed by atoms with Crippen LogP contribution in [0.1, 0.15) is 57.9 Å². The molecule has 1 saturated heterocycles. The molecule has 3 heterocycles. The van der Waals surface area contributed by atoms with E-state index in [9.17, 15) is 9.59 Å². The van der Waals surface area contributed by atoms with E-state index in [1.54, 1.807) is 19.5 Å². The summed E-state index contributed by atoms with van der Waals surface area (Å²) in [6.45, 7) is 5.23. The Bertz CT molecular complexity index is 1240. The van der Waals surface area contributed by atoms with Gasteiger partial charge in [-0.2, -0.15) is 0 Å². The molecule has 0 saturated carbocycles. The minimum absolute atomic E-state index is 0.122. The Hall–Kier alpha value is -3.56. The molecule has 1 amide bonds. The summed E-state index contributed by atoms with van der Waals surface area (Å²) in [4.78, 5) is 34.9. The number of rotatable bonds is 6. The standard InChI is InChI=1S/C25H30N6O3/c1-15-8-17(13-34-3)9-16(2)22(15)31-14-29-23(26)21(25(31)33)24(32)30-19-10-18(11-27-12-19)20-6-4-5-7-28-20/h8-12,14,20,28H,4-7,13,26H2,1-3H3,(H,30,32)/t20-/m1/s1. The van der Waals surface area contributed by atoms with Crippen molar-refractivity contribution in [2.24, 2.45) is 0 Å². The number of nitrogens with zero attached hydrogens (tertiary/aromatic N) is 3. The van der Waals surface area contributed by atoms with E-state index in [-0.39, 0.29) is 17.4 Å². The zero-order chi connectivity index (χ0) is 24.2. The average Bonchev–Trinajstić information content (AvgIpc) is 2.81. The first-order valence-electron chi connectivity index (χ1n) is 11.3. The van der Waals surface area contributed by atoms with Gasteiger partial charge in [0, 0.05) is 19.3 Å². The van der Waals surface area contributed by atoms with E-state index in [4.69, 9.17) is 10.5 Å². The Morgan fingerprint density at radius 2 is 2.00 bits per heavy atom. The number of nitrogens with one attached hydrogen (secondary N) is 2. The minimum Gasteiger partial charge on any atom is -0.383 e. The molecular weight excluding hydrogens is 432 g/mol. The van der Waals surface area contributed by atoms with Crippen LogP contribution < -0.4 is 21.9 Å². The number of benzene rings is 1. The summed E-state index contributed by atoms with van der Waals surface area (Å²) in [5.41, 5.74) is 10.1. The number of anilines is 2. The van der Waals surface area contributed by atoms with Gasteiger partial charge in [0.1, 0.15) is 17.7 Å². The summed E-state index contributed by atoms with van der Waals surface area (Å²) < 4.78 is 6.59. The highest BCUT2D eigenvalue weighted by atomic mass is 16.5. The van der Waals surface area contributed by atoms with E-state index >= 15 is 0 Å². The van der Waals surface area contributed by atoms with E-state index in [1.165, 1.54) is 10.9 Å². The first kappa shape index (κ1) is 23.6. The third kappa shape index (κ3) is 4.85. The van der Waals surface area contributed by atoms with Gasteiger partial charge in [0.25, 0.3) is 11.5 Å². The highest BCUT2D eigenvalue weighted by molar-refractivity contribution is 6.06. The molecule has 1 aromatic carbocycles. The number of carbonyl (C=O) groups excluding carboxylic acids is 1. The van der Waals surface area contributed by atoms with Gasteiger partial charge in [-0.15, -0.1) is 0 Å². The highest BCUT2D eigenvalue weighted by Gasteiger charge is 2.21. The second-order valence-corrected chi connectivity index (χ2v) is 8.65. The van der Waals surface area contributed by atoms with Gasteiger partial charge in [-0.05, 0) is 61.6 Å². The first-order valence-corrected chi connectivity index (χ1v) is 11.3. The molecule has 34 heavy (non-hydrogen) atoms. The minimum atomic E-state index is -0.619. The monoisotopic (exact) mass is 462 g/mol. The van der Waals surface area contributed by atoms with Crippen LogP contribution in [-0.4, -0.2) is 34.1 Å². The second-order valence-electron chi connectivity index (χ2n) is 8.65. The van der Waals surface area contributed by atoms with Crippen molar-refractivity contribution in [2.45, 2.75) is 45.8 Å². The number of ether oxygens (including phenoxy) is 1. The second kappa shape index (κ2) is 10.1. The molecule has 0 radical (unpaired) electrons. The number of nitrogen functional groups attached to an aromatic ring is 1. The van der Waals surface area contributed by atoms with Gasteiger partial charge >= 0.3 is 0 Å². The lowest BCUT2D eigenvalue weighted by molar-refractivity contribution is 0.102. The molecule has 1 fully saturated rings. The van der Waals surface area contributed by atoms with Crippen LogP contribution in [-0.2, 0) is 11.3 Å². The van der Waals surface area contributed by atoms with E-state index in [1.807, 2.05) is 32.0 Å². The van der Waals surface area contributed by atoms with Gasteiger partial charge < -0.3 is 21.1 Å². The maximum absolute atomic E-state index is 13.4. The first-order chi connectivity index (χ1) is 16.4. The van der Waals surface area contributed by atoms with E-state index < -0.39 is 11.5 Å². The number of piperidine rings is 1. The molecule has 0 aliphatic carbocycles. The summed E-state index contributed by atoms with van der Waals surface area (Å²) in [5.74, 6) is -0.741. The number of aromatic nitrogens is 3. The maximum atomic E-state index is 13.4. The van der Waals surface area contributed by atoms with Gasteiger partial charge in [-0.3, -0.25) is 19.1 Å².